The summed E-state index contributed by atoms with van der Waals surface area (Å²) in [6, 6.07) is 7.98. The maximum absolute atomic E-state index is 13.5. The van der Waals surface area contributed by atoms with Gasteiger partial charge in [-0.2, -0.15) is 0 Å². The number of nitrogens with zero attached hydrogens (tertiary/aromatic N) is 3. The van der Waals surface area contributed by atoms with Gasteiger partial charge >= 0.3 is 0 Å². The average Bonchev–Trinajstić information content (AvgIpc) is 2.78. The van der Waals surface area contributed by atoms with Gasteiger partial charge in [0, 0.05) is 12.3 Å². The highest BCUT2D eigenvalue weighted by molar-refractivity contribution is 5.78. The number of aromatic nitrogens is 3. The molecule has 2 heterocycles. The smallest absolute Gasteiger partial charge is 0.131 e. The molecule has 5 heteroatoms. The molecule has 1 atom stereocenters. The van der Waals surface area contributed by atoms with Gasteiger partial charge in [0.1, 0.15) is 11.6 Å². The van der Waals surface area contributed by atoms with Crippen molar-refractivity contribution in [2.24, 2.45) is 5.73 Å². The second-order valence-corrected chi connectivity index (χ2v) is 4.44. The van der Waals surface area contributed by atoms with Crippen molar-refractivity contribution in [3.05, 3.63) is 54.4 Å². The largest absolute Gasteiger partial charge is 0.322 e. The Morgan fingerprint density at radius 3 is 2.84 bits per heavy atom. The third-order valence-electron chi connectivity index (χ3n) is 2.95. The van der Waals surface area contributed by atoms with Crippen LogP contribution in [0, 0.1) is 5.82 Å². The van der Waals surface area contributed by atoms with Gasteiger partial charge in [0.05, 0.1) is 29.0 Å². The quantitative estimate of drug-likeness (QED) is 0.766. The van der Waals surface area contributed by atoms with Gasteiger partial charge in [0.2, 0.25) is 0 Å². The molecule has 0 aliphatic carbocycles. The number of halogens is 1. The molecular weight excluding hydrogens is 243 g/mol. The number of imidazole rings is 1. The minimum Gasteiger partial charge on any atom is -0.322 e. The monoisotopic (exact) mass is 256 g/mol. The molecule has 0 aliphatic heterocycles. The molecule has 3 aromatic rings. The highest BCUT2D eigenvalue weighted by atomic mass is 19.1. The Morgan fingerprint density at radius 2 is 2.16 bits per heavy atom. The van der Waals surface area contributed by atoms with E-state index in [-0.39, 0.29) is 11.9 Å². The molecule has 0 bridgehead atoms. The number of nitrogens with two attached hydrogens (primary N) is 1. The summed E-state index contributed by atoms with van der Waals surface area (Å²) in [5.41, 5.74) is 8.19. The first-order valence-electron chi connectivity index (χ1n) is 6.00. The van der Waals surface area contributed by atoms with E-state index < -0.39 is 0 Å². The van der Waals surface area contributed by atoms with Crippen LogP contribution < -0.4 is 5.73 Å². The summed E-state index contributed by atoms with van der Waals surface area (Å²) in [5.74, 6) is 0.391. The van der Waals surface area contributed by atoms with Gasteiger partial charge in [-0.25, -0.2) is 9.37 Å². The Bertz CT molecular complexity index is 719. The van der Waals surface area contributed by atoms with E-state index in [1.54, 1.807) is 18.5 Å². The zero-order chi connectivity index (χ0) is 13.4. The molecule has 0 fully saturated rings. The highest BCUT2D eigenvalue weighted by Gasteiger charge is 2.15. The van der Waals surface area contributed by atoms with Crippen LogP contribution in [0.2, 0.25) is 0 Å². The summed E-state index contributed by atoms with van der Waals surface area (Å²) >= 11 is 0. The second-order valence-electron chi connectivity index (χ2n) is 4.44. The molecule has 4 nitrogen and oxygen atoms in total. The van der Waals surface area contributed by atoms with Crippen molar-refractivity contribution in [2.75, 3.05) is 0 Å². The van der Waals surface area contributed by atoms with Crippen LogP contribution in [0.5, 0.6) is 0 Å². The number of fused-ring (bicyclic) bond motifs is 1. The Balaban J connectivity index is 2.36. The first-order chi connectivity index (χ1) is 9.16. The van der Waals surface area contributed by atoms with Crippen LogP contribution in [0.15, 0.2) is 42.7 Å². The van der Waals surface area contributed by atoms with Crippen LogP contribution in [-0.4, -0.2) is 14.5 Å². The van der Waals surface area contributed by atoms with Gasteiger partial charge < -0.3 is 5.73 Å². The van der Waals surface area contributed by atoms with Crippen molar-refractivity contribution < 1.29 is 4.39 Å². The lowest BCUT2D eigenvalue weighted by atomic mass is 10.3. The second kappa shape index (κ2) is 4.44. The van der Waals surface area contributed by atoms with E-state index in [2.05, 4.69) is 9.97 Å². The Labute approximate surface area is 109 Å². The molecule has 3 rings (SSSR count). The van der Waals surface area contributed by atoms with E-state index >= 15 is 0 Å². The molecule has 0 amide bonds. The fourth-order valence-corrected chi connectivity index (χ4v) is 2.13. The molecule has 19 heavy (non-hydrogen) atoms. The van der Waals surface area contributed by atoms with E-state index in [0.29, 0.717) is 11.3 Å². The molecular formula is C14H13FN4. The molecule has 0 saturated carbocycles. The van der Waals surface area contributed by atoms with Crippen LogP contribution in [0.1, 0.15) is 18.8 Å². The molecule has 2 N–H and O–H groups in total. The van der Waals surface area contributed by atoms with E-state index in [4.69, 9.17) is 5.73 Å². The van der Waals surface area contributed by atoms with Crippen LogP contribution in [-0.2, 0) is 0 Å². The van der Waals surface area contributed by atoms with Gasteiger partial charge in [-0.3, -0.25) is 9.55 Å². The topological polar surface area (TPSA) is 56.7 Å². The number of benzene rings is 1. The van der Waals surface area contributed by atoms with Crippen molar-refractivity contribution in [1.82, 2.24) is 14.5 Å². The van der Waals surface area contributed by atoms with E-state index in [0.717, 1.165) is 11.2 Å². The Kier molecular flexibility index (Phi) is 2.76. The summed E-state index contributed by atoms with van der Waals surface area (Å²) in [7, 11) is 0. The van der Waals surface area contributed by atoms with Crippen LogP contribution >= 0.6 is 0 Å². The lowest BCUT2D eigenvalue weighted by Gasteiger charge is -2.10. The van der Waals surface area contributed by atoms with Crippen molar-refractivity contribution >= 4 is 11.0 Å². The SMILES string of the molecule is C[C@@H](N)c1nc2ccc(F)cc2n1-c1cccnc1. The fourth-order valence-electron chi connectivity index (χ4n) is 2.13. The van der Waals surface area contributed by atoms with E-state index in [9.17, 15) is 4.39 Å². The first kappa shape index (κ1) is 11.8. The lowest BCUT2D eigenvalue weighted by Crippen LogP contribution is -2.12. The normalized spacial score (nSPS) is 12.8. The van der Waals surface area contributed by atoms with Gasteiger partial charge in [-0.05, 0) is 31.2 Å². The molecule has 0 unspecified atom stereocenters. The van der Waals surface area contributed by atoms with Crippen molar-refractivity contribution in [2.45, 2.75) is 13.0 Å². The standard InChI is InChI=1S/C14H13FN4/c1-9(16)14-18-12-5-4-10(15)7-13(12)19(14)11-3-2-6-17-8-11/h2-9H,16H2,1H3/t9-/m1/s1. The minimum absolute atomic E-state index is 0.254. The summed E-state index contributed by atoms with van der Waals surface area (Å²) in [6.45, 7) is 1.85. The zero-order valence-electron chi connectivity index (χ0n) is 10.4. The maximum Gasteiger partial charge on any atom is 0.131 e. The van der Waals surface area contributed by atoms with Crippen LogP contribution in [0.4, 0.5) is 4.39 Å². The molecule has 0 saturated heterocycles. The predicted molar refractivity (Wildman–Crippen MR) is 71.4 cm³/mol. The molecule has 2 aromatic heterocycles. The zero-order valence-corrected chi connectivity index (χ0v) is 10.4. The number of pyridine rings is 1. The number of rotatable bonds is 2. The molecule has 0 aliphatic rings. The lowest BCUT2D eigenvalue weighted by molar-refractivity contribution is 0.629. The van der Waals surface area contributed by atoms with Gasteiger partial charge in [-0.1, -0.05) is 0 Å². The third-order valence-corrected chi connectivity index (χ3v) is 2.95. The minimum atomic E-state index is -0.297. The first-order valence-corrected chi connectivity index (χ1v) is 6.00. The van der Waals surface area contributed by atoms with Gasteiger partial charge in [-0.15, -0.1) is 0 Å². The van der Waals surface area contributed by atoms with Crippen molar-refractivity contribution in [3.8, 4) is 5.69 Å². The predicted octanol–water partition coefficient (Wildman–Crippen LogP) is 2.58. The van der Waals surface area contributed by atoms with Crippen molar-refractivity contribution in [3.63, 3.8) is 0 Å². The number of hydrogen-bond donors (Lipinski definition) is 1. The molecule has 0 spiro atoms. The maximum atomic E-state index is 13.5. The Hall–Kier alpha value is -2.27. The fraction of sp³-hybridized carbons (Fsp3) is 0.143. The van der Waals surface area contributed by atoms with Crippen molar-refractivity contribution in [1.29, 1.82) is 0 Å². The van der Waals surface area contributed by atoms with E-state index in [1.165, 1.54) is 12.1 Å². The Morgan fingerprint density at radius 1 is 1.32 bits per heavy atom. The number of hydrogen-bond acceptors (Lipinski definition) is 3. The molecule has 0 radical (unpaired) electrons. The summed E-state index contributed by atoms with van der Waals surface area (Å²) in [4.78, 5) is 8.56. The highest BCUT2D eigenvalue weighted by Crippen LogP contribution is 2.24. The van der Waals surface area contributed by atoms with Crippen LogP contribution in [0.3, 0.4) is 0 Å². The average molecular weight is 256 g/mol. The third kappa shape index (κ3) is 1.98. The summed E-state index contributed by atoms with van der Waals surface area (Å²) < 4.78 is 15.3. The summed E-state index contributed by atoms with van der Waals surface area (Å²) in [5, 5.41) is 0. The van der Waals surface area contributed by atoms with Gasteiger partial charge in [0.15, 0.2) is 0 Å². The van der Waals surface area contributed by atoms with Gasteiger partial charge in [0.25, 0.3) is 0 Å². The van der Waals surface area contributed by atoms with E-state index in [1.807, 2.05) is 23.6 Å². The summed E-state index contributed by atoms with van der Waals surface area (Å²) in [6.07, 6.45) is 3.40. The van der Waals surface area contributed by atoms with Crippen LogP contribution in [0.25, 0.3) is 16.7 Å². The molecule has 1 aromatic carbocycles. The molecule has 96 valence electrons.